The molecule has 3 aliphatic heterocycles. The normalized spacial score (nSPS) is 38.8. The fourth-order valence-electron chi connectivity index (χ4n) is 10.7. The summed E-state index contributed by atoms with van der Waals surface area (Å²) in [5.41, 5.74) is 2.22. The van der Waals surface area contributed by atoms with Crippen molar-refractivity contribution in [2.75, 3.05) is 48.2 Å². The van der Waals surface area contributed by atoms with Gasteiger partial charge in [-0.2, -0.15) is 0 Å². The van der Waals surface area contributed by atoms with Crippen LogP contribution in [0.5, 0.6) is 0 Å². The molecule has 3 heterocycles. The number of carbonyl (C=O) groups is 4. The molecular weight excluding hydrogens is 883 g/mol. The molecule has 1 saturated carbocycles. The maximum atomic E-state index is 14.5. The van der Waals surface area contributed by atoms with Gasteiger partial charge in [0, 0.05) is 59.7 Å². The highest BCUT2D eigenvalue weighted by Gasteiger charge is 2.53. The van der Waals surface area contributed by atoms with Gasteiger partial charge in [-0.3, -0.25) is 14.4 Å². The van der Waals surface area contributed by atoms with E-state index in [0.717, 1.165) is 36.8 Å². The fraction of sp³-hybridized carbons (Fsp3) is 0.745. The molecule has 2 bridgehead atoms. The minimum atomic E-state index is -2.41. The van der Waals surface area contributed by atoms with Gasteiger partial charge in [0.05, 0.1) is 37.6 Å². The van der Waals surface area contributed by atoms with Crippen molar-refractivity contribution in [2.24, 2.45) is 35.5 Å². The summed E-state index contributed by atoms with van der Waals surface area (Å²) >= 11 is 0. The first kappa shape index (κ1) is 58.2. The number of piperidine rings is 1. The average Bonchev–Trinajstić information content (AvgIpc) is 3.33. The summed E-state index contributed by atoms with van der Waals surface area (Å²) in [5, 5.41) is 23.7. The number of carbonyl (C=O) groups excluding carboxylic acids is 4. The van der Waals surface area contributed by atoms with Crippen LogP contribution in [0.4, 0.5) is 0 Å². The Balaban J connectivity index is 1.69. The highest BCUT2D eigenvalue weighted by molar-refractivity contribution is 6.39. The van der Waals surface area contributed by atoms with Crippen LogP contribution in [0.1, 0.15) is 126 Å². The number of aliphatic hydroxyl groups is 2. The molecule has 0 aromatic carbocycles. The number of aliphatic hydroxyl groups excluding tert-OH is 1. The Kier molecular flexibility index (Phi) is 23.7. The molecule has 0 spiro atoms. The van der Waals surface area contributed by atoms with E-state index in [1.54, 1.807) is 55.3 Å². The second kappa shape index (κ2) is 28.0. The number of esters is 1. The lowest BCUT2D eigenvalue weighted by molar-refractivity contribution is -0.265. The van der Waals surface area contributed by atoms with Crippen molar-refractivity contribution in [3.8, 4) is 0 Å². The Bertz CT molecular complexity index is 1820. The van der Waals surface area contributed by atoms with E-state index in [1.807, 2.05) is 38.2 Å². The molecule has 4 aliphatic rings. The van der Waals surface area contributed by atoms with Crippen LogP contribution in [0.15, 0.2) is 59.8 Å². The SMILES string of the molecule is C=C1[C@H](C)C[C@H](C)/C=C/C=C/C=C(\C)[C@@H](OC)C[C@@H]2CC[C@@H](C)[C@@](O)(O2)C(=O)C(=O)N2CCCC[C@H]2C(=O)O[C@H]([C@H](C)C[C@@H]2CC[C@@H](OCCOC)[C@H](OC)C2)CC(=O)[C@H](C)/C=C(\C)[C@@H](O)[C@H]1OC. The molecule has 390 valence electrons. The average molecular weight is 970 g/mol. The summed E-state index contributed by atoms with van der Waals surface area (Å²) in [6, 6.07) is -1.11. The van der Waals surface area contributed by atoms with Gasteiger partial charge < -0.3 is 48.3 Å². The second-order valence-electron chi connectivity index (χ2n) is 20.6. The zero-order chi connectivity index (χ0) is 51.0. The third kappa shape index (κ3) is 16.1. The van der Waals surface area contributed by atoms with Gasteiger partial charge in [-0.1, -0.05) is 77.7 Å². The quantitative estimate of drug-likeness (QED) is 0.0938. The molecule has 3 fully saturated rings. The maximum Gasteiger partial charge on any atom is 0.329 e. The number of methoxy groups -OCH3 is 4. The van der Waals surface area contributed by atoms with Crippen molar-refractivity contribution in [1.29, 1.82) is 0 Å². The van der Waals surface area contributed by atoms with Gasteiger partial charge in [0.25, 0.3) is 11.7 Å². The number of Topliss-reactive ketones (excluding diaryl/α,β-unsaturated/α-hetero) is 2. The molecule has 0 radical (unpaired) electrons. The molecule has 69 heavy (non-hydrogen) atoms. The molecule has 0 aromatic heterocycles. The number of ketones is 2. The molecule has 0 unspecified atom stereocenters. The van der Waals surface area contributed by atoms with Crippen LogP contribution in [-0.2, 0) is 52.3 Å². The van der Waals surface area contributed by atoms with Crippen LogP contribution in [0.25, 0.3) is 0 Å². The van der Waals surface area contributed by atoms with Crippen molar-refractivity contribution >= 4 is 23.4 Å². The predicted octanol–water partition coefficient (Wildman–Crippen LogP) is 7.84. The van der Waals surface area contributed by atoms with Gasteiger partial charge >= 0.3 is 5.97 Å². The summed E-state index contributed by atoms with van der Waals surface area (Å²) in [6.07, 6.45) is 14.2. The molecule has 14 nitrogen and oxygen atoms in total. The lowest BCUT2D eigenvalue weighted by Crippen LogP contribution is -2.61. The molecule has 15 atom stereocenters. The lowest BCUT2D eigenvalue weighted by atomic mass is 9.78. The molecule has 14 heteroatoms. The Hall–Kier alpha value is -3.34. The standard InChI is InChI=1S/C55H87NO13/c1-34-18-14-13-15-19-35(2)47(64-10)32-43-23-21-40(7)55(62,69-43)52(59)53(60)56-25-17-16-20-44(56)54(61)68-48(38(5)30-42-22-24-46(49(31-42)65-11)67-27-26-63-9)33-45(57)37(4)29-39(6)50(58)51(66-12)41(8)36(3)28-34/h13-15,18-19,29,34,36-38,40,42-44,46-51,58,62H,8,16-17,20-28,30-33H2,1-7,9-12H3/b15-13+,18-14+,35-19+,39-29+/t34-,36-,37-,38-,40-,42+,43+,44+,46-,47+,48+,49-,50-,51+,55-/m1/s1. The largest absolute Gasteiger partial charge is 0.460 e. The Morgan fingerprint density at radius 2 is 1.59 bits per heavy atom. The number of ether oxygens (including phenoxy) is 7. The minimum Gasteiger partial charge on any atom is -0.460 e. The van der Waals surface area contributed by atoms with Crippen LogP contribution >= 0.6 is 0 Å². The van der Waals surface area contributed by atoms with Crippen LogP contribution < -0.4 is 0 Å². The summed E-state index contributed by atoms with van der Waals surface area (Å²) in [5.74, 6) is -6.69. The van der Waals surface area contributed by atoms with E-state index >= 15 is 0 Å². The maximum absolute atomic E-state index is 14.5. The number of hydrogen-bond acceptors (Lipinski definition) is 13. The number of nitrogens with zero attached hydrogens (tertiary/aromatic N) is 1. The smallest absolute Gasteiger partial charge is 0.329 e. The van der Waals surface area contributed by atoms with Crippen molar-refractivity contribution in [2.45, 2.75) is 180 Å². The second-order valence-corrected chi connectivity index (χ2v) is 20.6. The van der Waals surface area contributed by atoms with Gasteiger partial charge in [-0.25, -0.2) is 4.79 Å². The third-order valence-electron chi connectivity index (χ3n) is 15.3. The molecule has 2 saturated heterocycles. The lowest BCUT2D eigenvalue weighted by Gasteiger charge is -2.42. The Morgan fingerprint density at radius 3 is 2.28 bits per heavy atom. The zero-order valence-electron chi connectivity index (χ0n) is 43.7. The van der Waals surface area contributed by atoms with Crippen molar-refractivity contribution in [3.05, 3.63) is 59.8 Å². The number of allylic oxidation sites excluding steroid dienone is 6. The summed E-state index contributed by atoms with van der Waals surface area (Å²) < 4.78 is 41.4. The van der Waals surface area contributed by atoms with Crippen LogP contribution in [0.2, 0.25) is 0 Å². The van der Waals surface area contributed by atoms with Crippen LogP contribution in [-0.4, -0.2) is 141 Å². The van der Waals surface area contributed by atoms with E-state index in [-0.39, 0.29) is 67.2 Å². The van der Waals surface area contributed by atoms with Gasteiger partial charge in [0.15, 0.2) is 0 Å². The molecule has 1 aliphatic carbocycles. The molecule has 4 rings (SSSR count). The Morgan fingerprint density at radius 1 is 0.855 bits per heavy atom. The first-order chi connectivity index (χ1) is 32.8. The van der Waals surface area contributed by atoms with Gasteiger partial charge in [0.1, 0.15) is 30.1 Å². The van der Waals surface area contributed by atoms with Gasteiger partial charge in [-0.05, 0) is 118 Å². The monoisotopic (exact) mass is 970 g/mol. The summed E-state index contributed by atoms with van der Waals surface area (Å²) in [4.78, 5) is 58.7. The van der Waals surface area contributed by atoms with Crippen LogP contribution in [0.3, 0.4) is 0 Å². The molecular formula is C55H87NO13. The minimum absolute atomic E-state index is 0.00314. The zero-order valence-corrected chi connectivity index (χ0v) is 43.7. The first-order valence-corrected chi connectivity index (χ1v) is 25.5. The molecule has 0 aromatic rings. The molecule has 2 N–H and O–H groups in total. The van der Waals surface area contributed by atoms with Crippen molar-refractivity contribution < 1.29 is 62.5 Å². The fourth-order valence-corrected chi connectivity index (χ4v) is 10.7. The van der Waals surface area contributed by atoms with Crippen molar-refractivity contribution in [1.82, 2.24) is 4.90 Å². The highest BCUT2D eigenvalue weighted by atomic mass is 16.6. The predicted molar refractivity (Wildman–Crippen MR) is 265 cm³/mol. The number of fused-ring (bicyclic) bond motifs is 3. The number of amides is 1. The number of hydrogen-bond donors (Lipinski definition) is 2. The van der Waals surface area contributed by atoms with Crippen molar-refractivity contribution in [3.63, 3.8) is 0 Å². The van der Waals surface area contributed by atoms with Crippen LogP contribution in [0, 0.1) is 35.5 Å². The van der Waals surface area contributed by atoms with E-state index < -0.39 is 65.7 Å². The van der Waals surface area contributed by atoms with Gasteiger partial charge in [0.2, 0.25) is 5.79 Å². The topological polar surface area (TPSA) is 177 Å². The van der Waals surface area contributed by atoms with E-state index in [4.69, 9.17) is 33.2 Å². The molecule has 1 amide bonds. The van der Waals surface area contributed by atoms with E-state index in [0.29, 0.717) is 57.3 Å². The highest BCUT2D eigenvalue weighted by Crippen LogP contribution is 2.38. The first-order valence-electron chi connectivity index (χ1n) is 25.5. The van der Waals surface area contributed by atoms with E-state index in [1.165, 1.54) is 4.90 Å². The third-order valence-corrected chi connectivity index (χ3v) is 15.3. The summed E-state index contributed by atoms with van der Waals surface area (Å²) in [7, 11) is 6.46. The number of rotatable bonds is 10. The number of cyclic esters (lactones) is 1. The summed E-state index contributed by atoms with van der Waals surface area (Å²) in [6.45, 7) is 18.8. The Labute approximate surface area is 413 Å². The van der Waals surface area contributed by atoms with Gasteiger partial charge in [-0.15, -0.1) is 0 Å². The van der Waals surface area contributed by atoms with E-state index in [9.17, 15) is 29.4 Å². The van der Waals surface area contributed by atoms with E-state index in [2.05, 4.69) is 26.5 Å².